The van der Waals surface area contributed by atoms with Crippen molar-refractivity contribution < 1.29 is 0 Å². The van der Waals surface area contributed by atoms with E-state index in [0.717, 1.165) is 17.1 Å². The molecule has 2 aliphatic carbocycles. The van der Waals surface area contributed by atoms with Gasteiger partial charge >= 0.3 is 0 Å². The van der Waals surface area contributed by atoms with E-state index in [0.29, 0.717) is 0 Å². The van der Waals surface area contributed by atoms with Gasteiger partial charge in [-0.3, -0.25) is 0 Å². The molecule has 0 spiro atoms. The van der Waals surface area contributed by atoms with Crippen molar-refractivity contribution in [2.24, 2.45) is 0 Å². The van der Waals surface area contributed by atoms with Crippen molar-refractivity contribution >= 4 is 17.1 Å². The Balaban J connectivity index is 1.10. The smallest absolute Gasteiger partial charge is 0.0720 e. The van der Waals surface area contributed by atoms with Gasteiger partial charge in [0.25, 0.3) is 0 Å². The lowest BCUT2D eigenvalue weighted by Gasteiger charge is -2.49. The van der Waals surface area contributed by atoms with Crippen LogP contribution in [0.15, 0.2) is 261 Å². The zero-order valence-electron chi connectivity index (χ0n) is 34.8. The van der Waals surface area contributed by atoms with E-state index < -0.39 is 10.8 Å². The molecule has 10 aromatic carbocycles. The monoisotopic (exact) mass is 801 g/mol. The van der Waals surface area contributed by atoms with Gasteiger partial charge in [0.1, 0.15) is 0 Å². The number of rotatable bonds is 8. The first-order chi connectivity index (χ1) is 31.3. The van der Waals surface area contributed by atoms with Crippen molar-refractivity contribution in [3.05, 3.63) is 305 Å². The minimum absolute atomic E-state index is 0.484. The van der Waals surface area contributed by atoms with E-state index in [1.165, 1.54) is 77.9 Å². The molecule has 2 unspecified atom stereocenters. The Bertz CT molecular complexity index is 3250. The first-order valence-electron chi connectivity index (χ1n) is 21.9. The summed E-state index contributed by atoms with van der Waals surface area (Å²) in [7, 11) is 0. The number of hydrogen-bond acceptors (Lipinski definition) is 1. The fourth-order valence-corrected chi connectivity index (χ4v) is 11.1. The number of fused-ring (bicyclic) bond motifs is 5. The van der Waals surface area contributed by atoms with Crippen LogP contribution in [0.1, 0.15) is 44.5 Å². The largest absolute Gasteiger partial charge is 0.310 e. The van der Waals surface area contributed by atoms with Crippen LogP contribution in [0.4, 0.5) is 17.1 Å². The molecule has 0 aliphatic heterocycles. The Morgan fingerprint density at radius 2 is 0.651 bits per heavy atom. The lowest BCUT2D eigenvalue weighted by Crippen LogP contribution is -2.44. The van der Waals surface area contributed by atoms with Crippen LogP contribution in [0.3, 0.4) is 0 Å². The van der Waals surface area contributed by atoms with Crippen molar-refractivity contribution in [3.63, 3.8) is 0 Å². The topological polar surface area (TPSA) is 3.24 Å². The van der Waals surface area contributed by atoms with E-state index >= 15 is 0 Å². The van der Waals surface area contributed by atoms with Gasteiger partial charge in [0.2, 0.25) is 0 Å². The fraction of sp³-hybridized carbons (Fsp3) is 0.0323. The summed E-state index contributed by atoms with van der Waals surface area (Å²) in [4.78, 5) is 2.42. The van der Waals surface area contributed by atoms with Crippen molar-refractivity contribution in [2.45, 2.75) is 10.8 Å². The molecule has 10 aromatic rings. The molecule has 0 aromatic heterocycles. The van der Waals surface area contributed by atoms with E-state index in [1.54, 1.807) is 0 Å². The third-order valence-corrected chi connectivity index (χ3v) is 13.6. The van der Waals surface area contributed by atoms with Crippen LogP contribution in [0.5, 0.6) is 0 Å². The van der Waals surface area contributed by atoms with Gasteiger partial charge in [0.15, 0.2) is 0 Å². The second-order valence-corrected chi connectivity index (χ2v) is 16.7. The van der Waals surface area contributed by atoms with Gasteiger partial charge in [-0.05, 0) is 103 Å². The predicted octanol–water partition coefficient (Wildman–Crippen LogP) is 15.5. The van der Waals surface area contributed by atoms with Crippen LogP contribution in [0.25, 0.3) is 33.4 Å². The molecule has 1 heteroatoms. The average molecular weight is 802 g/mol. The van der Waals surface area contributed by atoms with E-state index in [4.69, 9.17) is 0 Å². The molecule has 1 nitrogen and oxygen atoms in total. The Morgan fingerprint density at radius 1 is 0.238 bits per heavy atom. The van der Waals surface area contributed by atoms with Gasteiger partial charge < -0.3 is 4.90 Å². The standard InChI is InChI=1S/C62H43N/c1-5-20-44(21-6-1)45-36-40-50(41-37-45)63(59-35-18-14-28-52(59)46-22-7-2-8-23-46)51-42-38-49(39-43-51)61(47-24-9-3-10-25-47)56-32-16-17-33-57(56)62(48-26-11-4-12-27-48)55-31-15-13-29-53(55)54-30-19-34-58(61)60(54)62/h1-43H. The predicted molar refractivity (Wildman–Crippen MR) is 261 cm³/mol. The summed E-state index contributed by atoms with van der Waals surface area (Å²) in [6.45, 7) is 0. The van der Waals surface area contributed by atoms with Crippen LogP contribution in [0, 0.1) is 0 Å². The van der Waals surface area contributed by atoms with Crippen molar-refractivity contribution in [1.82, 2.24) is 0 Å². The Labute approximate surface area is 369 Å². The molecule has 2 aliphatic rings. The second kappa shape index (κ2) is 14.9. The molecule has 2 atom stereocenters. The van der Waals surface area contributed by atoms with Crippen molar-refractivity contribution in [1.29, 1.82) is 0 Å². The molecule has 63 heavy (non-hydrogen) atoms. The van der Waals surface area contributed by atoms with Gasteiger partial charge in [0, 0.05) is 16.9 Å². The third kappa shape index (κ3) is 5.50. The second-order valence-electron chi connectivity index (χ2n) is 16.7. The number of benzene rings is 10. The van der Waals surface area contributed by atoms with Crippen LogP contribution >= 0.6 is 0 Å². The van der Waals surface area contributed by atoms with Crippen LogP contribution in [0.2, 0.25) is 0 Å². The zero-order chi connectivity index (χ0) is 41.8. The summed E-state index contributed by atoms with van der Waals surface area (Å²) < 4.78 is 0. The third-order valence-electron chi connectivity index (χ3n) is 13.6. The number of para-hydroxylation sites is 1. The van der Waals surface area contributed by atoms with Crippen molar-refractivity contribution in [2.75, 3.05) is 4.90 Å². The quantitative estimate of drug-likeness (QED) is 0.148. The molecule has 0 N–H and O–H groups in total. The highest BCUT2D eigenvalue weighted by atomic mass is 15.1. The number of hydrogen-bond donors (Lipinski definition) is 0. The normalized spacial score (nSPS) is 16.7. The lowest BCUT2D eigenvalue weighted by atomic mass is 9.52. The molecule has 0 amide bonds. The molecule has 12 rings (SSSR count). The summed E-state index contributed by atoms with van der Waals surface area (Å²) >= 11 is 0. The number of anilines is 3. The Morgan fingerprint density at radius 3 is 1.29 bits per heavy atom. The fourth-order valence-electron chi connectivity index (χ4n) is 11.1. The molecule has 296 valence electrons. The maximum absolute atomic E-state index is 2.42. The summed E-state index contributed by atoms with van der Waals surface area (Å²) in [6.07, 6.45) is 0. The number of nitrogens with zero attached hydrogens (tertiary/aromatic N) is 1. The molecule has 0 bridgehead atoms. The first kappa shape index (κ1) is 36.8. The van der Waals surface area contributed by atoms with Crippen LogP contribution in [-0.2, 0) is 10.8 Å². The summed E-state index contributed by atoms with van der Waals surface area (Å²) in [5.74, 6) is 0. The van der Waals surface area contributed by atoms with E-state index in [9.17, 15) is 0 Å². The Kier molecular flexibility index (Phi) is 8.69. The average Bonchev–Trinajstić information content (AvgIpc) is 3.68. The van der Waals surface area contributed by atoms with Crippen LogP contribution < -0.4 is 4.90 Å². The highest BCUT2D eigenvalue weighted by Crippen LogP contribution is 2.65. The molecule has 0 heterocycles. The van der Waals surface area contributed by atoms with Gasteiger partial charge in [-0.1, -0.05) is 231 Å². The SMILES string of the molecule is c1ccc(-c2ccc(N(c3ccc(C4(c5ccccc5)c5ccccc5C5(c6ccccc6)c6ccccc6-c6cccc4c65)cc3)c3ccccc3-c3ccccc3)cc2)cc1. The first-order valence-corrected chi connectivity index (χ1v) is 21.9. The van der Waals surface area contributed by atoms with Gasteiger partial charge in [-0.2, -0.15) is 0 Å². The summed E-state index contributed by atoms with van der Waals surface area (Å²) in [6, 6.07) is 96.4. The molecule has 0 radical (unpaired) electrons. The highest BCUT2D eigenvalue weighted by molar-refractivity contribution is 5.92. The highest BCUT2D eigenvalue weighted by Gasteiger charge is 2.57. The van der Waals surface area contributed by atoms with Gasteiger partial charge in [0.05, 0.1) is 16.5 Å². The molecule has 0 saturated heterocycles. The van der Waals surface area contributed by atoms with E-state index in [-0.39, 0.29) is 0 Å². The van der Waals surface area contributed by atoms with Crippen LogP contribution in [-0.4, -0.2) is 0 Å². The van der Waals surface area contributed by atoms with Gasteiger partial charge in [-0.25, -0.2) is 0 Å². The molecular weight excluding hydrogens is 759 g/mol. The summed E-state index contributed by atoms with van der Waals surface area (Å²) in [5, 5.41) is 0. The summed E-state index contributed by atoms with van der Waals surface area (Å²) in [5.41, 5.74) is 20.0. The Hall–Kier alpha value is -8.00. The maximum Gasteiger partial charge on any atom is 0.0720 e. The lowest BCUT2D eigenvalue weighted by molar-refractivity contribution is 0.626. The van der Waals surface area contributed by atoms with E-state index in [2.05, 4.69) is 266 Å². The molecule has 0 fully saturated rings. The molecular formula is C62H43N. The van der Waals surface area contributed by atoms with Crippen molar-refractivity contribution in [3.8, 4) is 33.4 Å². The minimum atomic E-state index is -0.619. The minimum Gasteiger partial charge on any atom is -0.310 e. The molecule has 0 saturated carbocycles. The maximum atomic E-state index is 2.42. The zero-order valence-corrected chi connectivity index (χ0v) is 34.8. The van der Waals surface area contributed by atoms with E-state index in [1.807, 2.05) is 0 Å². The van der Waals surface area contributed by atoms with Gasteiger partial charge in [-0.15, -0.1) is 0 Å².